The van der Waals surface area contributed by atoms with Crippen molar-refractivity contribution in [2.75, 3.05) is 13.1 Å². The van der Waals surface area contributed by atoms with Crippen LogP contribution in [0.15, 0.2) is 12.4 Å². The summed E-state index contributed by atoms with van der Waals surface area (Å²) in [5.74, 6) is -0.339. The highest BCUT2D eigenvalue weighted by Gasteiger charge is 2.15. The molecule has 0 spiro atoms. The van der Waals surface area contributed by atoms with Crippen molar-refractivity contribution in [3.63, 3.8) is 0 Å². The summed E-state index contributed by atoms with van der Waals surface area (Å²) in [6.07, 6.45) is 2.67. The number of hydrogen-bond donors (Lipinski definition) is 0. The Balaban J connectivity index is 2.88. The minimum absolute atomic E-state index is 0.0313. The third kappa shape index (κ3) is 2.89. The van der Waals surface area contributed by atoms with Crippen LogP contribution in [0.1, 0.15) is 17.4 Å². The molecule has 1 amide bonds. The fraction of sp³-hybridized carbons (Fsp3) is 0.333. The Hall–Kier alpha value is -1.67. The second-order valence-corrected chi connectivity index (χ2v) is 3.09. The van der Waals surface area contributed by atoms with Crippen molar-refractivity contribution in [1.29, 1.82) is 5.26 Å². The summed E-state index contributed by atoms with van der Waals surface area (Å²) in [6, 6.07) is 1.91. The van der Waals surface area contributed by atoms with Gasteiger partial charge >= 0.3 is 0 Å². The van der Waals surface area contributed by atoms with Gasteiger partial charge in [0.05, 0.1) is 18.5 Å². The number of hydrogen-bond acceptors (Lipinski definition) is 4. The minimum atomic E-state index is -0.339. The normalized spacial score (nSPS) is 9.40. The van der Waals surface area contributed by atoms with E-state index in [1.165, 1.54) is 17.3 Å². The van der Waals surface area contributed by atoms with Crippen LogP contribution in [0.25, 0.3) is 0 Å². The maximum Gasteiger partial charge on any atom is 0.274 e. The number of amides is 1. The van der Waals surface area contributed by atoms with Crippen molar-refractivity contribution in [2.24, 2.45) is 0 Å². The summed E-state index contributed by atoms with van der Waals surface area (Å²) < 4.78 is 0. The highest BCUT2D eigenvalue weighted by atomic mass is 35.5. The maximum atomic E-state index is 11.7. The molecule has 1 aromatic rings. The molecule has 0 aliphatic rings. The molecule has 0 N–H and O–H groups in total. The van der Waals surface area contributed by atoms with E-state index in [9.17, 15) is 4.79 Å². The molecule has 0 aliphatic heterocycles. The summed E-state index contributed by atoms with van der Waals surface area (Å²) in [6.45, 7) is 2.26. The molecule has 78 valence electrons. The Kier molecular flexibility index (Phi) is 4.01. The van der Waals surface area contributed by atoms with Crippen LogP contribution in [0.3, 0.4) is 0 Å². The number of nitrogens with zero attached hydrogens (tertiary/aromatic N) is 4. The van der Waals surface area contributed by atoms with E-state index in [-0.39, 0.29) is 23.3 Å². The molecule has 0 unspecified atom stereocenters. The molecule has 15 heavy (non-hydrogen) atoms. The van der Waals surface area contributed by atoms with E-state index in [4.69, 9.17) is 16.9 Å². The third-order valence-corrected chi connectivity index (χ3v) is 1.94. The van der Waals surface area contributed by atoms with Crippen LogP contribution in [-0.2, 0) is 0 Å². The van der Waals surface area contributed by atoms with Crippen molar-refractivity contribution in [3.05, 3.63) is 23.2 Å². The first kappa shape index (κ1) is 11.4. The van der Waals surface area contributed by atoms with Crippen LogP contribution in [0.4, 0.5) is 0 Å². The van der Waals surface area contributed by atoms with Crippen LogP contribution in [0, 0.1) is 11.3 Å². The Bertz CT molecular complexity index is 401. The molecule has 0 saturated heterocycles. The van der Waals surface area contributed by atoms with E-state index in [2.05, 4.69) is 9.97 Å². The first-order chi connectivity index (χ1) is 7.19. The summed E-state index contributed by atoms with van der Waals surface area (Å²) >= 11 is 5.60. The molecular weight excluding hydrogens is 216 g/mol. The number of rotatable bonds is 3. The highest BCUT2D eigenvalue weighted by molar-refractivity contribution is 6.29. The fourth-order valence-corrected chi connectivity index (χ4v) is 1.17. The summed E-state index contributed by atoms with van der Waals surface area (Å²) in [4.78, 5) is 20.7. The fourth-order valence-electron chi connectivity index (χ4n) is 1.02. The lowest BCUT2D eigenvalue weighted by Gasteiger charge is -2.15. The zero-order valence-electron chi connectivity index (χ0n) is 8.14. The Morgan fingerprint density at radius 3 is 2.93 bits per heavy atom. The highest BCUT2D eigenvalue weighted by Crippen LogP contribution is 2.05. The molecule has 0 saturated carbocycles. The van der Waals surface area contributed by atoms with Crippen LogP contribution < -0.4 is 0 Å². The lowest BCUT2D eigenvalue weighted by Crippen LogP contribution is -2.31. The SMILES string of the molecule is CCN(CC#N)C(=O)c1cncc(Cl)n1. The van der Waals surface area contributed by atoms with Gasteiger partial charge < -0.3 is 4.90 Å². The molecule has 6 heteroatoms. The van der Waals surface area contributed by atoms with Gasteiger partial charge in [-0.3, -0.25) is 9.78 Å². The van der Waals surface area contributed by atoms with Gasteiger partial charge in [0.15, 0.2) is 0 Å². The molecule has 0 fully saturated rings. The topological polar surface area (TPSA) is 69.9 Å². The van der Waals surface area contributed by atoms with Gasteiger partial charge in [0, 0.05) is 6.54 Å². The first-order valence-electron chi connectivity index (χ1n) is 4.32. The molecule has 1 rings (SSSR count). The number of nitriles is 1. The van der Waals surface area contributed by atoms with Crippen LogP contribution in [0.5, 0.6) is 0 Å². The molecule has 1 aromatic heterocycles. The van der Waals surface area contributed by atoms with Crippen molar-refractivity contribution in [1.82, 2.24) is 14.9 Å². The van der Waals surface area contributed by atoms with E-state index in [0.717, 1.165) is 0 Å². The van der Waals surface area contributed by atoms with Crippen LogP contribution in [0.2, 0.25) is 5.15 Å². The lowest BCUT2D eigenvalue weighted by atomic mass is 10.3. The molecule has 0 aliphatic carbocycles. The number of carbonyl (C=O) groups is 1. The number of carbonyl (C=O) groups excluding carboxylic acids is 1. The van der Waals surface area contributed by atoms with Gasteiger partial charge in [-0.1, -0.05) is 11.6 Å². The predicted molar refractivity (Wildman–Crippen MR) is 54.2 cm³/mol. The van der Waals surface area contributed by atoms with E-state index in [1.807, 2.05) is 6.07 Å². The van der Waals surface area contributed by atoms with E-state index in [0.29, 0.717) is 6.54 Å². The molecule has 0 atom stereocenters. The molecule has 0 bridgehead atoms. The molecule has 5 nitrogen and oxygen atoms in total. The van der Waals surface area contributed by atoms with Crippen molar-refractivity contribution in [3.8, 4) is 6.07 Å². The van der Waals surface area contributed by atoms with Crippen molar-refractivity contribution < 1.29 is 4.79 Å². The predicted octanol–water partition coefficient (Wildman–Crippen LogP) is 1.12. The summed E-state index contributed by atoms with van der Waals surface area (Å²) in [5.41, 5.74) is 0.152. The van der Waals surface area contributed by atoms with E-state index in [1.54, 1.807) is 6.92 Å². The molecular formula is C9H9ClN4O. The molecule has 0 aromatic carbocycles. The average Bonchev–Trinajstić information content (AvgIpc) is 2.25. The second-order valence-electron chi connectivity index (χ2n) is 2.70. The standard InChI is InChI=1S/C9H9ClN4O/c1-2-14(4-3-11)9(15)7-5-12-6-8(10)13-7/h5-6H,2,4H2,1H3. The lowest BCUT2D eigenvalue weighted by molar-refractivity contribution is 0.0778. The van der Waals surface area contributed by atoms with Crippen LogP contribution in [-0.4, -0.2) is 33.9 Å². The number of aromatic nitrogens is 2. The monoisotopic (exact) mass is 224 g/mol. The Labute approximate surface area is 92.3 Å². The second kappa shape index (κ2) is 5.27. The van der Waals surface area contributed by atoms with Gasteiger partial charge in [-0.25, -0.2) is 4.98 Å². The minimum Gasteiger partial charge on any atom is -0.324 e. The van der Waals surface area contributed by atoms with Gasteiger partial charge in [-0.05, 0) is 6.92 Å². The van der Waals surface area contributed by atoms with Gasteiger partial charge in [0.25, 0.3) is 5.91 Å². The van der Waals surface area contributed by atoms with Crippen molar-refractivity contribution >= 4 is 17.5 Å². The largest absolute Gasteiger partial charge is 0.324 e. The molecule has 1 heterocycles. The molecule has 0 radical (unpaired) electrons. The van der Waals surface area contributed by atoms with Gasteiger partial charge in [0.2, 0.25) is 0 Å². The third-order valence-electron chi connectivity index (χ3n) is 1.75. The smallest absolute Gasteiger partial charge is 0.274 e. The Morgan fingerprint density at radius 1 is 1.67 bits per heavy atom. The van der Waals surface area contributed by atoms with Crippen LogP contribution >= 0.6 is 11.6 Å². The van der Waals surface area contributed by atoms with E-state index < -0.39 is 0 Å². The van der Waals surface area contributed by atoms with Gasteiger partial charge in [-0.15, -0.1) is 0 Å². The van der Waals surface area contributed by atoms with Crippen molar-refractivity contribution in [2.45, 2.75) is 6.92 Å². The van der Waals surface area contributed by atoms with E-state index >= 15 is 0 Å². The van der Waals surface area contributed by atoms with Gasteiger partial charge in [0.1, 0.15) is 17.4 Å². The number of halogens is 1. The van der Waals surface area contributed by atoms with Gasteiger partial charge in [-0.2, -0.15) is 5.26 Å². The zero-order valence-corrected chi connectivity index (χ0v) is 8.90. The summed E-state index contributed by atoms with van der Waals surface area (Å²) in [7, 11) is 0. The average molecular weight is 225 g/mol. The quantitative estimate of drug-likeness (QED) is 0.722. The first-order valence-corrected chi connectivity index (χ1v) is 4.70. The summed E-state index contributed by atoms with van der Waals surface area (Å²) in [5, 5.41) is 8.67. The maximum absolute atomic E-state index is 11.7. The Morgan fingerprint density at radius 2 is 2.40 bits per heavy atom. The zero-order chi connectivity index (χ0) is 11.3.